The van der Waals surface area contributed by atoms with E-state index in [2.05, 4.69) is 69.3 Å². The van der Waals surface area contributed by atoms with Crippen LogP contribution in [0.2, 0.25) is 0 Å². The molecule has 0 aliphatic carbocycles. The average Bonchev–Trinajstić information content (AvgIpc) is 3.33. The van der Waals surface area contributed by atoms with Crippen molar-refractivity contribution in [1.82, 2.24) is 30.4 Å². The van der Waals surface area contributed by atoms with E-state index in [9.17, 15) is 0 Å². The molecule has 160 valence electrons. The van der Waals surface area contributed by atoms with Crippen LogP contribution in [0, 0.1) is 13.8 Å². The quantitative estimate of drug-likeness (QED) is 0.319. The van der Waals surface area contributed by atoms with Gasteiger partial charge in [-0.15, -0.1) is 10.2 Å². The number of aryl methyl sites for hydroxylation is 2. The van der Waals surface area contributed by atoms with E-state index in [4.69, 9.17) is 4.99 Å². The first-order valence-corrected chi connectivity index (χ1v) is 10.6. The highest BCUT2D eigenvalue weighted by Gasteiger charge is 2.08. The first-order chi connectivity index (χ1) is 15.1. The van der Waals surface area contributed by atoms with Crippen molar-refractivity contribution in [2.24, 2.45) is 12.0 Å². The van der Waals surface area contributed by atoms with Gasteiger partial charge in [-0.3, -0.25) is 0 Å². The molecule has 0 aliphatic heterocycles. The molecule has 3 N–H and O–H groups in total. The number of aliphatic imine (C=N–C) groups is 1. The Morgan fingerprint density at radius 2 is 1.90 bits per heavy atom. The molecule has 0 saturated carbocycles. The highest BCUT2D eigenvalue weighted by Crippen LogP contribution is 2.19. The summed E-state index contributed by atoms with van der Waals surface area (Å²) in [6, 6.07) is 16.8. The summed E-state index contributed by atoms with van der Waals surface area (Å²) < 4.78 is 1.98. The highest BCUT2D eigenvalue weighted by atomic mass is 15.3. The van der Waals surface area contributed by atoms with Crippen LogP contribution in [0.1, 0.15) is 28.3 Å². The molecule has 4 aromatic rings. The average molecular weight is 416 g/mol. The summed E-state index contributed by atoms with van der Waals surface area (Å²) in [7, 11) is 1.97. The first-order valence-electron chi connectivity index (χ1n) is 10.6. The number of nitrogens with one attached hydrogen (secondary N) is 3. The number of H-pyrrole nitrogens is 1. The third-order valence-corrected chi connectivity index (χ3v) is 5.47. The smallest absolute Gasteiger partial charge is 0.191 e. The van der Waals surface area contributed by atoms with Gasteiger partial charge in [0, 0.05) is 30.7 Å². The molecule has 7 heteroatoms. The predicted molar refractivity (Wildman–Crippen MR) is 125 cm³/mol. The molecule has 0 spiro atoms. The number of aromatic amines is 1. The molecule has 0 bridgehead atoms. The Morgan fingerprint density at radius 1 is 1.06 bits per heavy atom. The van der Waals surface area contributed by atoms with E-state index in [0.29, 0.717) is 13.1 Å². The first kappa shape index (κ1) is 20.7. The van der Waals surface area contributed by atoms with Crippen molar-refractivity contribution in [2.45, 2.75) is 33.4 Å². The summed E-state index contributed by atoms with van der Waals surface area (Å²) >= 11 is 0. The number of aromatic nitrogens is 4. The Balaban J connectivity index is 1.42. The van der Waals surface area contributed by atoms with Crippen LogP contribution in [0.15, 0.2) is 59.7 Å². The molecule has 0 fully saturated rings. The van der Waals surface area contributed by atoms with E-state index in [1.54, 1.807) is 0 Å². The highest BCUT2D eigenvalue weighted by molar-refractivity contribution is 5.84. The number of guanidine groups is 1. The second-order valence-electron chi connectivity index (χ2n) is 7.77. The van der Waals surface area contributed by atoms with Gasteiger partial charge in [0.15, 0.2) is 11.8 Å². The lowest BCUT2D eigenvalue weighted by atomic mass is 10.1. The molecule has 0 unspecified atom stereocenters. The van der Waals surface area contributed by atoms with Gasteiger partial charge in [-0.1, -0.05) is 42.5 Å². The predicted octanol–water partition coefficient (Wildman–Crippen LogP) is 3.39. The standard InChI is InChI=1S/C24H29N7/c1-17-9-10-21-20(15-26-22(21)13-17)11-12-25-24(27-14-19-7-5-4-6-8-19)28-16-23-30-29-18(2)31(23)3/h4-10,13,15,26H,11-12,14,16H2,1-3H3,(H2,25,27,28). The fourth-order valence-electron chi connectivity index (χ4n) is 3.52. The molecule has 2 heterocycles. The minimum Gasteiger partial charge on any atom is -0.361 e. The molecule has 4 rings (SSSR count). The van der Waals surface area contributed by atoms with Gasteiger partial charge in [-0.05, 0) is 43.0 Å². The van der Waals surface area contributed by atoms with Crippen molar-refractivity contribution in [3.05, 3.63) is 83.1 Å². The van der Waals surface area contributed by atoms with E-state index < -0.39 is 0 Å². The van der Waals surface area contributed by atoms with E-state index in [1.807, 2.05) is 36.7 Å². The van der Waals surface area contributed by atoms with Gasteiger partial charge in [0.2, 0.25) is 0 Å². The van der Waals surface area contributed by atoms with Gasteiger partial charge in [-0.2, -0.15) is 0 Å². The number of rotatable bonds is 7. The fourth-order valence-corrected chi connectivity index (χ4v) is 3.52. The Kier molecular flexibility index (Phi) is 6.31. The van der Waals surface area contributed by atoms with Gasteiger partial charge in [0.05, 0.1) is 13.1 Å². The molecule has 2 aromatic heterocycles. The van der Waals surface area contributed by atoms with E-state index >= 15 is 0 Å². The molecule has 0 amide bonds. The van der Waals surface area contributed by atoms with Crippen molar-refractivity contribution < 1.29 is 0 Å². The second-order valence-corrected chi connectivity index (χ2v) is 7.77. The summed E-state index contributed by atoms with van der Waals surface area (Å²) in [5.41, 5.74) is 4.92. The Morgan fingerprint density at radius 3 is 2.68 bits per heavy atom. The summed E-state index contributed by atoms with van der Waals surface area (Å²) in [5, 5.41) is 16.5. The normalized spacial score (nSPS) is 11.8. The van der Waals surface area contributed by atoms with Gasteiger partial charge in [-0.25, -0.2) is 4.99 Å². The summed E-state index contributed by atoms with van der Waals surface area (Å²) in [5.74, 6) is 2.53. The summed E-state index contributed by atoms with van der Waals surface area (Å²) in [6.45, 7) is 6.01. The van der Waals surface area contributed by atoms with Crippen molar-refractivity contribution >= 4 is 16.9 Å². The number of hydrogen-bond acceptors (Lipinski definition) is 3. The van der Waals surface area contributed by atoms with Crippen LogP contribution in [-0.2, 0) is 26.6 Å². The second kappa shape index (κ2) is 9.47. The van der Waals surface area contributed by atoms with Crippen molar-refractivity contribution in [1.29, 1.82) is 0 Å². The minimum atomic E-state index is 0.560. The number of fused-ring (bicyclic) bond motifs is 1. The molecule has 0 radical (unpaired) electrons. The van der Waals surface area contributed by atoms with Crippen molar-refractivity contribution in [3.8, 4) is 0 Å². The van der Waals surface area contributed by atoms with Crippen LogP contribution in [0.4, 0.5) is 0 Å². The van der Waals surface area contributed by atoms with Crippen LogP contribution in [0.25, 0.3) is 10.9 Å². The van der Waals surface area contributed by atoms with E-state index in [-0.39, 0.29) is 0 Å². The lowest BCUT2D eigenvalue weighted by Gasteiger charge is -2.12. The van der Waals surface area contributed by atoms with Gasteiger partial charge in [0.1, 0.15) is 5.82 Å². The zero-order chi connectivity index (χ0) is 21.6. The summed E-state index contributed by atoms with van der Waals surface area (Å²) in [4.78, 5) is 8.14. The van der Waals surface area contributed by atoms with Crippen LogP contribution >= 0.6 is 0 Å². The molecular weight excluding hydrogens is 386 g/mol. The van der Waals surface area contributed by atoms with Crippen LogP contribution in [0.5, 0.6) is 0 Å². The Bertz CT molecular complexity index is 1170. The summed E-state index contributed by atoms with van der Waals surface area (Å²) in [6.07, 6.45) is 3.00. The van der Waals surface area contributed by atoms with Gasteiger partial charge < -0.3 is 20.2 Å². The molecule has 0 atom stereocenters. The van der Waals surface area contributed by atoms with Gasteiger partial charge in [0.25, 0.3) is 0 Å². The van der Waals surface area contributed by atoms with Crippen LogP contribution in [0.3, 0.4) is 0 Å². The molecular formula is C24H29N7. The topological polar surface area (TPSA) is 82.9 Å². The maximum absolute atomic E-state index is 4.77. The Hall–Kier alpha value is -3.61. The maximum atomic E-state index is 4.77. The molecule has 2 aromatic carbocycles. The van der Waals surface area contributed by atoms with Crippen LogP contribution < -0.4 is 10.6 Å². The van der Waals surface area contributed by atoms with E-state index in [1.165, 1.54) is 27.6 Å². The molecule has 0 aliphatic rings. The SMILES string of the molecule is Cc1ccc2c(CCNC(=NCc3ccccc3)NCc3nnc(C)n3C)c[nH]c2c1. The van der Waals surface area contributed by atoms with E-state index in [0.717, 1.165) is 30.6 Å². The number of benzene rings is 2. The lowest BCUT2D eigenvalue weighted by molar-refractivity contribution is 0.713. The minimum absolute atomic E-state index is 0.560. The number of hydrogen-bond donors (Lipinski definition) is 3. The lowest BCUT2D eigenvalue weighted by Crippen LogP contribution is -2.38. The zero-order valence-electron chi connectivity index (χ0n) is 18.3. The third kappa shape index (κ3) is 5.12. The monoisotopic (exact) mass is 415 g/mol. The maximum Gasteiger partial charge on any atom is 0.191 e. The molecule has 31 heavy (non-hydrogen) atoms. The molecule has 7 nitrogen and oxygen atoms in total. The fraction of sp³-hybridized carbons (Fsp3) is 0.292. The largest absolute Gasteiger partial charge is 0.361 e. The van der Waals surface area contributed by atoms with Crippen molar-refractivity contribution in [3.63, 3.8) is 0 Å². The van der Waals surface area contributed by atoms with Crippen molar-refractivity contribution in [2.75, 3.05) is 6.54 Å². The third-order valence-electron chi connectivity index (χ3n) is 5.47. The van der Waals surface area contributed by atoms with Crippen LogP contribution in [-0.4, -0.2) is 32.3 Å². The number of nitrogens with zero attached hydrogens (tertiary/aromatic N) is 4. The Labute approximate surface area is 182 Å². The zero-order valence-corrected chi connectivity index (χ0v) is 18.3. The van der Waals surface area contributed by atoms with Gasteiger partial charge >= 0.3 is 0 Å². The molecule has 0 saturated heterocycles.